The van der Waals surface area contributed by atoms with Crippen molar-refractivity contribution in [1.82, 2.24) is 20.5 Å². The number of hydrogen-bond donors (Lipinski definition) is 2. The molecule has 1 fully saturated rings. The molecule has 3 aromatic rings. The van der Waals surface area contributed by atoms with Gasteiger partial charge >= 0.3 is 0 Å². The zero-order valence-electron chi connectivity index (χ0n) is 16.7. The second kappa shape index (κ2) is 7.26. The van der Waals surface area contributed by atoms with Crippen molar-refractivity contribution in [2.75, 3.05) is 24.5 Å². The Kier molecular flexibility index (Phi) is 4.79. The van der Waals surface area contributed by atoms with Gasteiger partial charge in [-0.2, -0.15) is 5.10 Å². The molecule has 146 valence electrons. The molecule has 1 aromatic carbocycles. The number of benzene rings is 1. The summed E-state index contributed by atoms with van der Waals surface area (Å²) in [6.07, 6.45) is 2.33. The van der Waals surface area contributed by atoms with E-state index in [9.17, 15) is 4.79 Å². The molecule has 2 N–H and O–H groups in total. The lowest BCUT2D eigenvalue weighted by Gasteiger charge is -2.40. The summed E-state index contributed by atoms with van der Waals surface area (Å²) in [5.41, 5.74) is 3.12. The number of carbonyl (C=O) groups is 1. The summed E-state index contributed by atoms with van der Waals surface area (Å²) >= 11 is 0. The van der Waals surface area contributed by atoms with E-state index in [0.29, 0.717) is 18.9 Å². The first-order valence-corrected chi connectivity index (χ1v) is 9.81. The molecule has 0 saturated carbocycles. The average molecular weight is 377 g/mol. The van der Waals surface area contributed by atoms with Gasteiger partial charge in [-0.25, -0.2) is 0 Å². The lowest BCUT2D eigenvalue weighted by molar-refractivity contribution is -0.120. The molecule has 6 nitrogen and oxygen atoms in total. The van der Waals surface area contributed by atoms with Crippen LogP contribution in [0.15, 0.2) is 42.6 Å². The van der Waals surface area contributed by atoms with E-state index in [1.54, 1.807) is 0 Å². The second-order valence-electron chi connectivity index (χ2n) is 8.64. The van der Waals surface area contributed by atoms with Crippen LogP contribution in [-0.2, 0) is 16.6 Å². The number of nitrogens with zero attached hydrogens (tertiary/aromatic N) is 3. The zero-order valence-corrected chi connectivity index (χ0v) is 16.7. The molecule has 28 heavy (non-hydrogen) atoms. The van der Waals surface area contributed by atoms with Gasteiger partial charge in [-0.05, 0) is 23.8 Å². The van der Waals surface area contributed by atoms with E-state index < -0.39 is 0 Å². The van der Waals surface area contributed by atoms with Gasteiger partial charge in [0.1, 0.15) is 0 Å². The van der Waals surface area contributed by atoms with Gasteiger partial charge in [-0.3, -0.25) is 4.79 Å². The summed E-state index contributed by atoms with van der Waals surface area (Å²) in [5, 5.41) is 12.9. The van der Waals surface area contributed by atoms with Gasteiger partial charge in [-0.15, -0.1) is 5.10 Å². The normalized spacial score (nSPS) is 14.9. The van der Waals surface area contributed by atoms with Crippen molar-refractivity contribution in [3.05, 3.63) is 53.9 Å². The van der Waals surface area contributed by atoms with Crippen LogP contribution in [0, 0.1) is 5.92 Å². The summed E-state index contributed by atoms with van der Waals surface area (Å²) in [4.78, 5) is 17.7. The number of rotatable bonds is 5. The maximum absolute atomic E-state index is 12.3. The minimum atomic E-state index is 0.0120. The van der Waals surface area contributed by atoms with E-state index in [2.05, 4.69) is 52.2 Å². The van der Waals surface area contributed by atoms with Crippen LogP contribution in [0.4, 0.5) is 5.82 Å². The van der Waals surface area contributed by atoms with E-state index in [1.165, 1.54) is 0 Å². The fourth-order valence-electron chi connectivity index (χ4n) is 3.55. The Balaban J connectivity index is 1.24. The van der Waals surface area contributed by atoms with Crippen molar-refractivity contribution in [2.45, 2.75) is 32.6 Å². The molecule has 0 bridgehead atoms. The van der Waals surface area contributed by atoms with E-state index in [0.717, 1.165) is 41.1 Å². The number of H-pyrrole nitrogens is 1. The Morgan fingerprint density at radius 2 is 1.96 bits per heavy atom. The first-order chi connectivity index (χ1) is 13.4. The van der Waals surface area contributed by atoms with Gasteiger partial charge in [0, 0.05) is 48.1 Å². The smallest absolute Gasteiger partial charge is 0.224 e. The third kappa shape index (κ3) is 3.86. The Labute approximate surface area is 165 Å². The Hall–Kier alpha value is -2.89. The number of anilines is 1. The van der Waals surface area contributed by atoms with Crippen LogP contribution in [0.1, 0.15) is 32.0 Å². The summed E-state index contributed by atoms with van der Waals surface area (Å²) in [6.45, 7) is 8.90. The maximum atomic E-state index is 12.3. The summed E-state index contributed by atoms with van der Waals surface area (Å²) in [5.74, 6) is 1.43. The summed E-state index contributed by atoms with van der Waals surface area (Å²) in [6, 6.07) is 12.2. The number of aromatic nitrogens is 3. The van der Waals surface area contributed by atoms with Crippen molar-refractivity contribution in [3.8, 4) is 0 Å². The minimum Gasteiger partial charge on any atom is -0.361 e. The first-order valence-electron chi connectivity index (χ1n) is 9.81. The molecule has 0 spiro atoms. The quantitative estimate of drug-likeness (QED) is 0.717. The lowest BCUT2D eigenvalue weighted by atomic mass is 9.92. The molecule has 0 aliphatic carbocycles. The second-order valence-corrected chi connectivity index (χ2v) is 8.64. The highest BCUT2D eigenvalue weighted by Gasteiger charge is 2.28. The molecule has 2 aromatic heterocycles. The highest BCUT2D eigenvalue weighted by atomic mass is 16.1. The number of aromatic amines is 1. The number of para-hydroxylation sites is 1. The molecule has 0 unspecified atom stereocenters. The van der Waals surface area contributed by atoms with Crippen molar-refractivity contribution in [1.29, 1.82) is 0 Å². The van der Waals surface area contributed by atoms with Gasteiger partial charge in [-0.1, -0.05) is 39.0 Å². The van der Waals surface area contributed by atoms with Gasteiger partial charge in [0.05, 0.1) is 12.1 Å². The Morgan fingerprint density at radius 1 is 1.18 bits per heavy atom. The van der Waals surface area contributed by atoms with E-state index in [1.807, 2.05) is 36.5 Å². The van der Waals surface area contributed by atoms with Crippen molar-refractivity contribution >= 4 is 22.6 Å². The van der Waals surface area contributed by atoms with Gasteiger partial charge in [0.15, 0.2) is 5.82 Å². The SMILES string of the molecule is CC(C)(C)c1ccc(N2CC(CNC(=O)Cc3c[nH]c4ccccc34)C2)nn1. The van der Waals surface area contributed by atoms with Crippen LogP contribution in [0.2, 0.25) is 0 Å². The lowest BCUT2D eigenvalue weighted by Crippen LogP contribution is -2.52. The molecule has 4 rings (SSSR count). The van der Waals surface area contributed by atoms with Crippen LogP contribution >= 0.6 is 0 Å². The standard InChI is InChI=1S/C22H27N5O/c1-22(2,3)19-8-9-20(26-25-19)27-13-15(14-27)11-24-21(28)10-16-12-23-18-7-5-4-6-17(16)18/h4-9,12,15,23H,10-11,13-14H2,1-3H3,(H,24,28). The average Bonchev–Trinajstić information content (AvgIpc) is 3.03. The predicted octanol–water partition coefficient (Wildman–Crippen LogP) is 3.05. The Bertz CT molecular complexity index is 965. The molecular formula is C22H27N5O. The largest absolute Gasteiger partial charge is 0.361 e. The first kappa shape index (κ1) is 18.5. The number of fused-ring (bicyclic) bond motifs is 1. The van der Waals surface area contributed by atoms with Crippen LogP contribution in [-0.4, -0.2) is 40.7 Å². The van der Waals surface area contributed by atoms with Gasteiger partial charge < -0.3 is 15.2 Å². The Morgan fingerprint density at radius 3 is 2.68 bits per heavy atom. The molecule has 0 atom stereocenters. The molecule has 1 aliphatic rings. The fraction of sp³-hybridized carbons (Fsp3) is 0.409. The fourth-order valence-corrected chi connectivity index (χ4v) is 3.55. The van der Waals surface area contributed by atoms with E-state index >= 15 is 0 Å². The number of hydrogen-bond acceptors (Lipinski definition) is 4. The summed E-state index contributed by atoms with van der Waals surface area (Å²) < 4.78 is 0. The summed E-state index contributed by atoms with van der Waals surface area (Å²) in [7, 11) is 0. The molecule has 0 radical (unpaired) electrons. The third-order valence-corrected chi connectivity index (χ3v) is 5.31. The van der Waals surface area contributed by atoms with Crippen LogP contribution < -0.4 is 10.2 Å². The minimum absolute atomic E-state index is 0.0120. The topological polar surface area (TPSA) is 73.9 Å². The number of amides is 1. The van der Waals surface area contributed by atoms with Gasteiger partial charge in [0.25, 0.3) is 0 Å². The predicted molar refractivity (Wildman–Crippen MR) is 111 cm³/mol. The van der Waals surface area contributed by atoms with Crippen LogP contribution in [0.25, 0.3) is 10.9 Å². The van der Waals surface area contributed by atoms with Crippen molar-refractivity contribution in [2.24, 2.45) is 5.92 Å². The van der Waals surface area contributed by atoms with Crippen molar-refractivity contribution < 1.29 is 4.79 Å². The van der Waals surface area contributed by atoms with E-state index in [4.69, 9.17) is 0 Å². The molecule has 1 aliphatic heterocycles. The van der Waals surface area contributed by atoms with Crippen LogP contribution in [0.3, 0.4) is 0 Å². The molecule has 3 heterocycles. The number of nitrogens with one attached hydrogen (secondary N) is 2. The molecule has 1 amide bonds. The highest BCUT2D eigenvalue weighted by Crippen LogP contribution is 2.25. The zero-order chi connectivity index (χ0) is 19.7. The van der Waals surface area contributed by atoms with Crippen LogP contribution in [0.5, 0.6) is 0 Å². The van der Waals surface area contributed by atoms with Crippen molar-refractivity contribution in [3.63, 3.8) is 0 Å². The van der Waals surface area contributed by atoms with Gasteiger partial charge in [0.2, 0.25) is 5.91 Å². The highest BCUT2D eigenvalue weighted by molar-refractivity contribution is 5.88. The third-order valence-electron chi connectivity index (χ3n) is 5.31. The van der Waals surface area contributed by atoms with E-state index in [-0.39, 0.29) is 11.3 Å². The monoisotopic (exact) mass is 377 g/mol. The molecule has 6 heteroatoms. The molecular weight excluding hydrogens is 350 g/mol. The molecule has 1 saturated heterocycles. The number of carbonyl (C=O) groups excluding carboxylic acids is 1. The maximum Gasteiger partial charge on any atom is 0.224 e.